The molecular weight excluding hydrogens is 254 g/mol. The van der Waals surface area contributed by atoms with Crippen molar-refractivity contribution in [2.45, 2.75) is 38.4 Å². The van der Waals surface area contributed by atoms with Crippen LogP contribution in [0.15, 0.2) is 24.3 Å². The Kier molecular flexibility index (Phi) is 3.92. The van der Waals surface area contributed by atoms with E-state index in [9.17, 15) is 4.79 Å². The summed E-state index contributed by atoms with van der Waals surface area (Å²) in [5.41, 5.74) is 1.27. The Morgan fingerprint density at radius 2 is 2.30 bits per heavy atom. The molecule has 0 bridgehead atoms. The summed E-state index contributed by atoms with van der Waals surface area (Å²) in [5, 5.41) is 0. The minimum atomic E-state index is -0.209. The molecule has 2 saturated heterocycles. The number of hydrogen-bond donors (Lipinski definition) is 0. The number of ether oxygens (including phenoxy) is 2. The molecule has 1 amide bonds. The summed E-state index contributed by atoms with van der Waals surface area (Å²) < 4.78 is 11.3. The SMILES string of the molecule is CCc1cccc(OC2CN(C(=O)[C@H]3CCCO3)C2)c1. The van der Waals surface area contributed by atoms with Crippen LogP contribution in [-0.2, 0) is 16.0 Å². The minimum absolute atomic E-state index is 0.118. The average Bonchev–Trinajstić information content (AvgIpc) is 2.96. The van der Waals surface area contributed by atoms with Crippen molar-refractivity contribution in [1.82, 2.24) is 4.90 Å². The molecule has 0 spiro atoms. The summed E-state index contributed by atoms with van der Waals surface area (Å²) in [4.78, 5) is 13.9. The standard InChI is InChI=1S/C16H21NO3/c1-2-12-5-3-6-13(9-12)20-14-10-17(11-14)16(18)15-7-4-8-19-15/h3,5-6,9,14-15H,2,4,7-8,10-11H2,1H3/t15-/m1/s1. The lowest BCUT2D eigenvalue weighted by Crippen LogP contribution is -2.58. The second kappa shape index (κ2) is 5.83. The Morgan fingerprint density at radius 1 is 1.45 bits per heavy atom. The van der Waals surface area contributed by atoms with Gasteiger partial charge in [-0.25, -0.2) is 0 Å². The lowest BCUT2D eigenvalue weighted by Gasteiger charge is -2.40. The third kappa shape index (κ3) is 2.80. The molecule has 2 aliphatic rings. The summed E-state index contributed by atoms with van der Waals surface area (Å²) >= 11 is 0. The molecule has 0 unspecified atom stereocenters. The molecule has 0 aromatic heterocycles. The summed E-state index contributed by atoms with van der Waals surface area (Å²) in [5.74, 6) is 1.03. The highest BCUT2D eigenvalue weighted by molar-refractivity contribution is 5.82. The van der Waals surface area contributed by atoms with Gasteiger partial charge in [-0.05, 0) is 37.0 Å². The van der Waals surface area contributed by atoms with Gasteiger partial charge < -0.3 is 14.4 Å². The van der Waals surface area contributed by atoms with Gasteiger partial charge in [0, 0.05) is 6.61 Å². The van der Waals surface area contributed by atoms with Crippen LogP contribution in [0.5, 0.6) is 5.75 Å². The van der Waals surface area contributed by atoms with Gasteiger partial charge in [0.1, 0.15) is 18.0 Å². The van der Waals surface area contributed by atoms with E-state index in [2.05, 4.69) is 19.1 Å². The van der Waals surface area contributed by atoms with Crippen molar-refractivity contribution in [1.29, 1.82) is 0 Å². The molecule has 0 aliphatic carbocycles. The molecule has 3 rings (SSSR count). The van der Waals surface area contributed by atoms with E-state index in [1.54, 1.807) is 0 Å². The number of carbonyl (C=O) groups is 1. The molecule has 0 radical (unpaired) electrons. The van der Waals surface area contributed by atoms with Crippen molar-refractivity contribution in [2.24, 2.45) is 0 Å². The van der Waals surface area contributed by atoms with Gasteiger partial charge in [0.05, 0.1) is 13.1 Å². The van der Waals surface area contributed by atoms with Crippen LogP contribution in [0.4, 0.5) is 0 Å². The first kappa shape index (κ1) is 13.4. The van der Waals surface area contributed by atoms with Crippen LogP contribution in [0.2, 0.25) is 0 Å². The number of likely N-dealkylation sites (tertiary alicyclic amines) is 1. The van der Waals surface area contributed by atoms with Crippen molar-refractivity contribution in [3.05, 3.63) is 29.8 Å². The van der Waals surface area contributed by atoms with Crippen molar-refractivity contribution < 1.29 is 14.3 Å². The van der Waals surface area contributed by atoms with Crippen LogP contribution in [0.1, 0.15) is 25.3 Å². The first-order valence-electron chi connectivity index (χ1n) is 7.42. The van der Waals surface area contributed by atoms with E-state index in [0.29, 0.717) is 19.7 Å². The van der Waals surface area contributed by atoms with Gasteiger partial charge in [0.2, 0.25) is 0 Å². The normalized spacial score (nSPS) is 22.6. The van der Waals surface area contributed by atoms with Gasteiger partial charge in [0.15, 0.2) is 0 Å². The Labute approximate surface area is 119 Å². The predicted octanol–water partition coefficient (Wildman–Crippen LogP) is 2.02. The molecule has 1 aromatic rings. The molecular formula is C16H21NO3. The quantitative estimate of drug-likeness (QED) is 0.844. The van der Waals surface area contributed by atoms with Crippen LogP contribution < -0.4 is 4.74 Å². The van der Waals surface area contributed by atoms with Crippen molar-refractivity contribution >= 4 is 5.91 Å². The van der Waals surface area contributed by atoms with Gasteiger partial charge in [-0.1, -0.05) is 19.1 Å². The van der Waals surface area contributed by atoms with E-state index in [1.165, 1.54) is 5.56 Å². The van der Waals surface area contributed by atoms with Crippen molar-refractivity contribution in [3.8, 4) is 5.75 Å². The van der Waals surface area contributed by atoms with Crippen LogP contribution in [0.25, 0.3) is 0 Å². The maximum atomic E-state index is 12.1. The molecule has 2 aliphatic heterocycles. The highest BCUT2D eigenvalue weighted by atomic mass is 16.5. The number of hydrogen-bond acceptors (Lipinski definition) is 3. The smallest absolute Gasteiger partial charge is 0.251 e. The third-order valence-corrected chi connectivity index (χ3v) is 3.97. The molecule has 4 nitrogen and oxygen atoms in total. The Balaban J connectivity index is 1.49. The van der Waals surface area contributed by atoms with E-state index in [-0.39, 0.29) is 18.1 Å². The second-order valence-electron chi connectivity index (χ2n) is 5.49. The minimum Gasteiger partial charge on any atom is -0.487 e. The van der Waals surface area contributed by atoms with E-state index >= 15 is 0 Å². The second-order valence-corrected chi connectivity index (χ2v) is 5.49. The number of amides is 1. The number of nitrogens with zero attached hydrogens (tertiary/aromatic N) is 1. The lowest BCUT2D eigenvalue weighted by molar-refractivity contribution is -0.149. The summed E-state index contributed by atoms with van der Waals surface area (Å²) in [6.07, 6.45) is 2.77. The number of rotatable bonds is 4. The molecule has 20 heavy (non-hydrogen) atoms. The highest BCUT2D eigenvalue weighted by Gasteiger charge is 2.37. The largest absolute Gasteiger partial charge is 0.487 e. The monoisotopic (exact) mass is 275 g/mol. The fourth-order valence-electron chi connectivity index (χ4n) is 2.70. The van der Waals surface area contributed by atoms with Crippen LogP contribution in [0.3, 0.4) is 0 Å². The van der Waals surface area contributed by atoms with Gasteiger partial charge in [0.25, 0.3) is 5.91 Å². The molecule has 0 N–H and O–H groups in total. The average molecular weight is 275 g/mol. The zero-order valence-corrected chi connectivity index (χ0v) is 11.9. The Morgan fingerprint density at radius 3 is 3.00 bits per heavy atom. The molecule has 1 atom stereocenters. The summed E-state index contributed by atoms with van der Waals surface area (Å²) in [7, 11) is 0. The molecule has 2 fully saturated rings. The van der Waals surface area contributed by atoms with Gasteiger partial charge in [-0.15, -0.1) is 0 Å². The topological polar surface area (TPSA) is 38.8 Å². The maximum absolute atomic E-state index is 12.1. The van der Waals surface area contributed by atoms with E-state index in [4.69, 9.17) is 9.47 Å². The fourth-order valence-corrected chi connectivity index (χ4v) is 2.70. The molecule has 1 aromatic carbocycles. The predicted molar refractivity (Wildman–Crippen MR) is 75.8 cm³/mol. The maximum Gasteiger partial charge on any atom is 0.251 e. The Bertz CT molecular complexity index is 476. The van der Waals surface area contributed by atoms with Crippen molar-refractivity contribution in [2.75, 3.05) is 19.7 Å². The summed E-state index contributed by atoms with van der Waals surface area (Å²) in [6.45, 7) is 4.20. The van der Waals surface area contributed by atoms with Crippen LogP contribution in [0, 0.1) is 0 Å². The van der Waals surface area contributed by atoms with Gasteiger partial charge >= 0.3 is 0 Å². The third-order valence-electron chi connectivity index (χ3n) is 3.97. The fraction of sp³-hybridized carbons (Fsp3) is 0.562. The summed E-state index contributed by atoms with van der Waals surface area (Å²) in [6, 6.07) is 8.16. The van der Waals surface area contributed by atoms with Crippen molar-refractivity contribution in [3.63, 3.8) is 0 Å². The van der Waals surface area contributed by atoms with E-state index in [0.717, 1.165) is 25.0 Å². The first-order valence-corrected chi connectivity index (χ1v) is 7.42. The lowest BCUT2D eigenvalue weighted by atomic mass is 10.1. The number of carbonyl (C=O) groups excluding carboxylic acids is 1. The van der Waals surface area contributed by atoms with Gasteiger partial charge in [-0.3, -0.25) is 4.79 Å². The molecule has 2 heterocycles. The highest BCUT2D eigenvalue weighted by Crippen LogP contribution is 2.22. The van der Waals surface area contributed by atoms with E-state index in [1.807, 2.05) is 17.0 Å². The zero-order valence-electron chi connectivity index (χ0n) is 11.9. The van der Waals surface area contributed by atoms with Crippen LogP contribution >= 0.6 is 0 Å². The molecule has 4 heteroatoms. The zero-order chi connectivity index (χ0) is 13.9. The van der Waals surface area contributed by atoms with Crippen LogP contribution in [-0.4, -0.2) is 42.7 Å². The Hall–Kier alpha value is -1.55. The first-order chi connectivity index (χ1) is 9.76. The number of benzene rings is 1. The number of aryl methyl sites for hydroxylation is 1. The molecule has 0 saturated carbocycles. The van der Waals surface area contributed by atoms with E-state index < -0.39 is 0 Å². The molecule has 108 valence electrons. The van der Waals surface area contributed by atoms with Gasteiger partial charge in [-0.2, -0.15) is 0 Å².